The van der Waals surface area contributed by atoms with Crippen molar-refractivity contribution in [2.24, 2.45) is 0 Å². The SMILES string of the molecule is CCOCCOCCOC(=O)[C@H](C)N[PH](=O)Oc1ccccc1. The second-order valence-electron chi connectivity index (χ2n) is 4.55. The number of carbonyl (C=O) groups is 1. The summed E-state index contributed by atoms with van der Waals surface area (Å²) in [5.41, 5.74) is 0. The molecule has 0 radical (unpaired) electrons. The van der Waals surface area contributed by atoms with Crippen LogP contribution in [0, 0.1) is 0 Å². The van der Waals surface area contributed by atoms with E-state index in [-0.39, 0.29) is 6.61 Å². The average Bonchev–Trinajstić information content (AvgIpc) is 2.54. The monoisotopic (exact) mass is 345 g/mol. The molecule has 0 amide bonds. The Morgan fingerprint density at radius 2 is 1.78 bits per heavy atom. The maximum atomic E-state index is 11.8. The Morgan fingerprint density at radius 3 is 2.48 bits per heavy atom. The molecule has 1 unspecified atom stereocenters. The van der Waals surface area contributed by atoms with Crippen LogP contribution in [0.25, 0.3) is 0 Å². The second kappa shape index (κ2) is 12.1. The summed E-state index contributed by atoms with van der Waals surface area (Å²) in [5, 5.41) is 2.59. The first-order valence-electron chi connectivity index (χ1n) is 7.49. The molecule has 0 saturated heterocycles. The number of carbonyl (C=O) groups excluding carboxylic acids is 1. The number of ether oxygens (including phenoxy) is 3. The zero-order valence-corrected chi connectivity index (χ0v) is 14.4. The number of esters is 1. The molecule has 7 nitrogen and oxygen atoms in total. The van der Waals surface area contributed by atoms with E-state index in [4.69, 9.17) is 18.7 Å². The summed E-state index contributed by atoms with van der Waals surface area (Å²) >= 11 is 0. The lowest BCUT2D eigenvalue weighted by molar-refractivity contribution is -0.146. The summed E-state index contributed by atoms with van der Waals surface area (Å²) in [5.74, 6) is -0.0272. The van der Waals surface area contributed by atoms with E-state index in [1.54, 1.807) is 31.2 Å². The number of nitrogens with one attached hydrogen (secondary N) is 1. The molecule has 0 aliphatic carbocycles. The molecule has 23 heavy (non-hydrogen) atoms. The van der Waals surface area contributed by atoms with Gasteiger partial charge in [0.25, 0.3) is 0 Å². The summed E-state index contributed by atoms with van der Waals surface area (Å²) in [4.78, 5) is 11.7. The zero-order chi connectivity index (χ0) is 16.9. The second-order valence-corrected chi connectivity index (χ2v) is 5.61. The van der Waals surface area contributed by atoms with Gasteiger partial charge >= 0.3 is 14.1 Å². The quantitative estimate of drug-likeness (QED) is 0.352. The van der Waals surface area contributed by atoms with Crippen LogP contribution in [0.15, 0.2) is 30.3 Å². The van der Waals surface area contributed by atoms with Crippen LogP contribution in [0.4, 0.5) is 0 Å². The molecule has 0 spiro atoms. The maximum Gasteiger partial charge on any atom is 0.323 e. The summed E-state index contributed by atoms with van der Waals surface area (Å²) in [6.45, 7) is 5.52. The molecule has 1 rings (SSSR count). The van der Waals surface area contributed by atoms with Crippen molar-refractivity contribution in [1.82, 2.24) is 5.09 Å². The van der Waals surface area contributed by atoms with Gasteiger partial charge in [-0.2, -0.15) is 0 Å². The largest absolute Gasteiger partial charge is 0.462 e. The van der Waals surface area contributed by atoms with Crippen LogP contribution in [0.2, 0.25) is 0 Å². The van der Waals surface area contributed by atoms with Gasteiger partial charge in [-0.05, 0) is 26.0 Å². The fourth-order valence-electron chi connectivity index (χ4n) is 1.55. The van der Waals surface area contributed by atoms with Crippen molar-refractivity contribution < 1.29 is 28.1 Å². The highest BCUT2D eigenvalue weighted by atomic mass is 31.1. The van der Waals surface area contributed by atoms with E-state index in [1.165, 1.54) is 0 Å². The molecule has 1 N–H and O–H groups in total. The summed E-state index contributed by atoms with van der Waals surface area (Å²) in [6, 6.07) is 8.02. The van der Waals surface area contributed by atoms with Crippen molar-refractivity contribution in [2.45, 2.75) is 19.9 Å². The topological polar surface area (TPSA) is 83.1 Å². The predicted octanol–water partition coefficient (Wildman–Crippen LogP) is 2.03. The zero-order valence-electron chi connectivity index (χ0n) is 13.4. The molecule has 0 aliphatic rings. The van der Waals surface area contributed by atoms with E-state index in [0.717, 1.165) is 0 Å². The minimum absolute atomic E-state index is 0.136. The van der Waals surface area contributed by atoms with Crippen LogP contribution >= 0.6 is 8.18 Å². The van der Waals surface area contributed by atoms with Gasteiger partial charge < -0.3 is 18.7 Å². The van der Waals surface area contributed by atoms with Crippen LogP contribution < -0.4 is 9.61 Å². The van der Waals surface area contributed by atoms with E-state index in [9.17, 15) is 9.36 Å². The molecule has 0 saturated carbocycles. The van der Waals surface area contributed by atoms with E-state index >= 15 is 0 Å². The highest BCUT2D eigenvalue weighted by Gasteiger charge is 2.17. The molecule has 0 fully saturated rings. The van der Waals surface area contributed by atoms with Crippen LogP contribution in [0.1, 0.15) is 13.8 Å². The molecule has 1 aromatic carbocycles. The molecule has 0 aliphatic heterocycles. The van der Waals surface area contributed by atoms with Crippen LogP contribution in [-0.2, 0) is 23.6 Å². The molecule has 0 bridgehead atoms. The van der Waals surface area contributed by atoms with E-state index in [2.05, 4.69) is 5.09 Å². The Kier molecular flexibility index (Phi) is 10.3. The molecule has 2 atom stereocenters. The number of benzene rings is 1. The van der Waals surface area contributed by atoms with Crippen molar-refractivity contribution in [2.75, 3.05) is 33.0 Å². The van der Waals surface area contributed by atoms with E-state index in [0.29, 0.717) is 32.2 Å². The average molecular weight is 345 g/mol. The Morgan fingerprint density at radius 1 is 1.13 bits per heavy atom. The molecule has 0 heterocycles. The van der Waals surface area contributed by atoms with Gasteiger partial charge in [-0.3, -0.25) is 9.36 Å². The summed E-state index contributed by atoms with van der Waals surface area (Å²) in [7, 11) is -2.58. The van der Waals surface area contributed by atoms with E-state index in [1.807, 2.05) is 13.0 Å². The molecule has 1 aromatic rings. The lowest BCUT2D eigenvalue weighted by Crippen LogP contribution is -2.32. The van der Waals surface area contributed by atoms with Gasteiger partial charge in [0.15, 0.2) is 0 Å². The molecule has 0 aromatic heterocycles. The first kappa shape index (κ1) is 19.6. The Bertz CT molecular complexity index is 470. The van der Waals surface area contributed by atoms with Gasteiger partial charge in [0, 0.05) is 6.61 Å². The van der Waals surface area contributed by atoms with Crippen LogP contribution in [-0.4, -0.2) is 45.0 Å². The normalized spacial score (nSPS) is 13.3. The van der Waals surface area contributed by atoms with Crippen LogP contribution in [0.3, 0.4) is 0 Å². The lowest BCUT2D eigenvalue weighted by atomic mass is 10.3. The fourth-order valence-corrected chi connectivity index (χ4v) is 2.43. The number of hydrogen-bond acceptors (Lipinski definition) is 6. The van der Waals surface area contributed by atoms with Crippen molar-refractivity contribution in [3.8, 4) is 5.75 Å². The standard InChI is InChI=1S/C15H24NO6P/c1-3-19-9-10-20-11-12-21-15(17)13(2)16-23(18)22-14-7-5-4-6-8-14/h4-8,13,23H,3,9-12H2,1-2H3,(H,16,18)/t13-/m0/s1. The highest BCUT2D eigenvalue weighted by molar-refractivity contribution is 7.37. The molecule has 130 valence electrons. The summed E-state index contributed by atoms with van der Waals surface area (Å²) < 4.78 is 32.4. The Hall–Kier alpha value is -1.40. The molecular formula is C15H24NO6P. The summed E-state index contributed by atoms with van der Waals surface area (Å²) in [6.07, 6.45) is 0. The predicted molar refractivity (Wildman–Crippen MR) is 86.9 cm³/mol. The fraction of sp³-hybridized carbons (Fsp3) is 0.533. The smallest absolute Gasteiger partial charge is 0.323 e. The minimum Gasteiger partial charge on any atom is -0.462 e. The van der Waals surface area contributed by atoms with E-state index < -0.39 is 20.2 Å². The van der Waals surface area contributed by atoms with Gasteiger partial charge in [-0.25, -0.2) is 5.09 Å². The number of hydrogen-bond donors (Lipinski definition) is 1. The van der Waals surface area contributed by atoms with Crippen molar-refractivity contribution >= 4 is 14.1 Å². The van der Waals surface area contributed by atoms with Gasteiger partial charge in [-0.15, -0.1) is 0 Å². The molecule has 8 heteroatoms. The third-order valence-corrected chi connectivity index (χ3v) is 3.78. The van der Waals surface area contributed by atoms with Gasteiger partial charge in [0.1, 0.15) is 18.4 Å². The van der Waals surface area contributed by atoms with Gasteiger partial charge in [0.05, 0.1) is 19.8 Å². The van der Waals surface area contributed by atoms with Gasteiger partial charge in [0.2, 0.25) is 0 Å². The molecular weight excluding hydrogens is 321 g/mol. The maximum absolute atomic E-state index is 11.8. The third-order valence-electron chi connectivity index (χ3n) is 2.69. The van der Waals surface area contributed by atoms with Crippen molar-refractivity contribution in [3.63, 3.8) is 0 Å². The van der Waals surface area contributed by atoms with Crippen molar-refractivity contribution in [1.29, 1.82) is 0 Å². The van der Waals surface area contributed by atoms with Gasteiger partial charge in [-0.1, -0.05) is 18.2 Å². The first-order valence-corrected chi connectivity index (χ1v) is 8.80. The first-order chi connectivity index (χ1) is 11.1. The Balaban J connectivity index is 2.14. The van der Waals surface area contributed by atoms with Crippen molar-refractivity contribution in [3.05, 3.63) is 30.3 Å². The minimum atomic E-state index is -2.58. The Labute approximate surface area is 137 Å². The number of rotatable bonds is 12. The van der Waals surface area contributed by atoms with Crippen LogP contribution in [0.5, 0.6) is 5.75 Å². The number of para-hydroxylation sites is 1. The lowest BCUT2D eigenvalue weighted by Gasteiger charge is -2.14. The third kappa shape index (κ3) is 9.36. The highest BCUT2D eigenvalue weighted by Crippen LogP contribution is 2.23.